The monoisotopic (exact) mass is 504 g/mol. The predicted molar refractivity (Wildman–Crippen MR) is 144 cm³/mol. The number of hydrogen-bond acceptors (Lipinski definition) is 6. The number of methoxy groups -OCH3 is 4. The standard InChI is InChI=1S/C30H36N2O5/c1-6-31-30(33)29(21-10-8-7-9-11-21)32-15-14-22-18-27(36-4)28(37-5)19-23(22)24(32)16-20-12-13-25(34-2)26(17-20)35-3/h7-13,17-19,24,29H,6,14-16H2,1-5H3,(H,31,33)/t24-,29+/m0/s1. The van der Waals surface area contributed by atoms with Crippen molar-refractivity contribution in [1.82, 2.24) is 10.2 Å². The lowest BCUT2D eigenvalue weighted by atomic mass is 9.86. The second-order valence-electron chi connectivity index (χ2n) is 9.01. The molecule has 0 saturated carbocycles. The zero-order valence-electron chi connectivity index (χ0n) is 22.2. The molecule has 0 spiro atoms. The van der Waals surface area contributed by atoms with Crippen LogP contribution >= 0.6 is 0 Å². The lowest BCUT2D eigenvalue weighted by Gasteiger charge is -2.42. The number of benzene rings is 3. The number of amides is 1. The third-order valence-corrected chi connectivity index (χ3v) is 6.97. The average molecular weight is 505 g/mol. The van der Waals surface area contributed by atoms with E-state index in [1.807, 2.05) is 49.4 Å². The highest BCUT2D eigenvalue weighted by molar-refractivity contribution is 5.83. The zero-order chi connectivity index (χ0) is 26.4. The van der Waals surface area contributed by atoms with Gasteiger partial charge in [-0.2, -0.15) is 0 Å². The lowest BCUT2D eigenvalue weighted by molar-refractivity contribution is -0.128. The van der Waals surface area contributed by atoms with Gasteiger partial charge in [-0.15, -0.1) is 0 Å². The molecule has 1 aliphatic rings. The van der Waals surface area contributed by atoms with E-state index in [4.69, 9.17) is 18.9 Å². The molecule has 1 aliphatic heterocycles. The third kappa shape index (κ3) is 5.52. The first-order valence-electron chi connectivity index (χ1n) is 12.6. The summed E-state index contributed by atoms with van der Waals surface area (Å²) >= 11 is 0. The summed E-state index contributed by atoms with van der Waals surface area (Å²) < 4.78 is 22.3. The first-order valence-corrected chi connectivity index (χ1v) is 12.6. The number of carbonyl (C=O) groups is 1. The maximum atomic E-state index is 13.5. The van der Waals surface area contributed by atoms with Crippen LogP contribution in [0.1, 0.15) is 41.3 Å². The van der Waals surface area contributed by atoms with E-state index < -0.39 is 6.04 Å². The minimum atomic E-state index is -0.437. The molecule has 0 aromatic heterocycles. The van der Waals surface area contributed by atoms with E-state index in [-0.39, 0.29) is 11.9 Å². The highest BCUT2D eigenvalue weighted by atomic mass is 16.5. The van der Waals surface area contributed by atoms with Crippen molar-refractivity contribution in [2.24, 2.45) is 0 Å². The van der Waals surface area contributed by atoms with Gasteiger partial charge in [0.25, 0.3) is 0 Å². The second-order valence-corrected chi connectivity index (χ2v) is 9.01. The van der Waals surface area contributed by atoms with Crippen LogP contribution in [0.4, 0.5) is 0 Å². The largest absolute Gasteiger partial charge is 0.493 e. The fraction of sp³-hybridized carbons (Fsp3) is 0.367. The number of fused-ring (bicyclic) bond motifs is 1. The third-order valence-electron chi connectivity index (χ3n) is 6.97. The molecule has 7 nitrogen and oxygen atoms in total. The molecule has 196 valence electrons. The van der Waals surface area contributed by atoms with Crippen LogP contribution in [0.5, 0.6) is 23.0 Å². The van der Waals surface area contributed by atoms with E-state index in [0.717, 1.165) is 29.7 Å². The molecule has 3 aromatic carbocycles. The van der Waals surface area contributed by atoms with Crippen molar-refractivity contribution in [1.29, 1.82) is 0 Å². The Morgan fingerprint density at radius 3 is 2.19 bits per heavy atom. The summed E-state index contributed by atoms with van der Waals surface area (Å²) in [5, 5.41) is 3.06. The van der Waals surface area contributed by atoms with Gasteiger partial charge in [0.05, 0.1) is 28.4 Å². The molecule has 1 heterocycles. The molecule has 3 aromatic rings. The van der Waals surface area contributed by atoms with Crippen LogP contribution in [-0.2, 0) is 17.6 Å². The van der Waals surface area contributed by atoms with Crippen LogP contribution < -0.4 is 24.3 Å². The first-order chi connectivity index (χ1) is 18.0. The van der Waals surface area contributed by atoms with E-state index in [0.29, 0.717) is 36.0 Å². The fourth-order valence-electron chi connectivity index (χ4n) is 5.21. The molecule has 1 N–H and O–H groups in total. The van der Waals surface area contributed by atoms with Crippen LogP contribution in [0, 0.1) is 0 Å². The van der Waals surface area contributed by atoms with Crippen LogP contribution in [-0.4, -0.2) is 52.3 Å². The topological polar surface area (TPSA) is 69.3 Å². The van der Waals surface area contributed by atoms with Gasteiger partial charge in [-0.05, 0) is 66.3 Å². The maximum absolute atomic E-state index is 13.5. The molecule has 37 heavy (non-hydrogen) atoms. The Bertz CT molecular complexity index is 1210. The van der Waals surface area contributed by atoms with Gasteiger partial charge < -0.3 is 24.3 Å². The Kier molecular flexibility index (Phi) is 8.56. The molecular formula is C30H36N2O5. The molecule has 4 rings (SSSR count). The minimum Gasteiger partial charge on any atom is -0.493 e. The Balaban J connectivity index is 1.84. The van der Waals surface area contributed by atoms with Gasteiger partial charge in [-0.25, -0.2) is 0 Å². The number of ether oxygens (including phenoxy) is 4. The molecule has 1 amide bonds. The molecule has 0 radical (unpaired) electrons. The van der Waals surface area contributed by atoms with Crippen molar-refractivity contribution in [3.05, 3.63) is 82.9 Å². The van der Waals surface area contributed by atoms with Gasteiger partial charge in [0, 0.05) is 19.1 Å². The Morgan fingerprint density at radius 1 is 0.892 bits per heavy atom. The minimum absolute atomic E-state index is 0.00469. The Hall–Kier alpha value is -3.71. The number of rotatable bonds is 10. The van der Waals surface area contributed by atoms with Crippen LogP contribution in [0.25, 0.3) is 0 Å². The fourth-order valence-corrected chi connectivity index (χ4v) is 5.21. The van der Waals surface area contributed by atoms with Gasteiger partial charge in [0.15, 0.2) is 23.0 Å². The highest BCUT2D eigenvalue weighted by Gasteiger charge is 2.37. The summed E-state index contributed by atoms with van der Waals surface area (Å²) in [4.78, 5) is 15.8. The van der Waals surface area contributed by atoms with E-state index in [2.05, 4.69) is 28.4 Å². The smallest absolute Gasteiger partial charge is 0.241 e. The molecule has 0 bridgehead atoms. The van der Waals surface area contributed by atoms with E-state index in [1.54, 1.807) is 28.4 Å². The molecule has 0 aliphatic carbocycles. The first kappa shape index (κ1) is 26.4. The maximum Gasteiger partial charge on any atom is 0.241 e. The van der Waals surface area contributed by atoms with Crippen LogP contribution in [0.3, 0.4) is 0 Å². The van der Waals surface area contributed by atoms with Crippen molar-refractivity contribution >= 4 is 5.91 Å². The number of hydrogen-bond donors (Lipinski definition) is 1. The molecule has 0 unspecified atom stereocenters. The quantitative estimate of drug-likeness (QED) is 0.430. The highest BCUT2D eigenvalue weighted by Crippen LogP contribution is 2.43. The summed E-state index contributed by atoms with van der Waals surface area (Å²) in [7, 11) is 6.57. The van der Waals surface area contributed by atoms with Crippen molar-refractivity contribution < 1.29 is 23.7 Å². The Morgan fingerprint density at radius 2 is 1.54 bits per heavy atom. The number of carbonyl (C=O) groups excluding carboxylic acids is 1. The van der Waals surface area contributed by atoms with Gasteiger partial charge >= 0.3 is 0 Å². The summed E-state index contributed by atoms with van der Waals surface area (Å²) in [6.45, 7) is 3.23. The number of nitrogens with zero attached hydrogens (tertiary/aromatic N) is 1. The average Bonchev–Trinajstić information content (AvgIpc) is 2.94. The summed E-state index contributed by atoms with van der Waals surface area (Å²) in [6.07, 6.45) is 1.46. The van der Waals surface area contributed by atoms with Gasteiger partial charge in [0.2, 0.25) is 5.91 Å². The molecule has 7 heteroatoms. The normalized spacial score (nSPS) is 15.9. The van der Waals surface area contributed by atoms with Crippen molar-refractivity contribution in [2.75, 3.05) is 41.5 Å². The Labute approximate surface area is 219 Å². The van der Waals surface area contributed by atoms with Gasteiger partial charge in [-0.1, -0.05) is 36.4 Å². The van der Waals surface area contributed by atoms with E-state index >= 15 is 0 Å². The summed E-state index contributed by atoms with van der Waals surface area (Å²) in [5.74, 6) is 2.74. The summed E-state index contributed by atoms with van der Waals surface area (Å²) in [6, 6.07) is 19.6. The van der Waals surface area contributed by atoms with E-state index in [9.17, 15) is 4.79 Å². The second kappa shape index (κ2) is 12.0. The molecule has 2 atom stereocenters. The van der Waals surface area contributed by atoms with Crippen molar-refractivity contribution in [2.45, 2.75) is 31.8 Å². The van der Waals surface area contributed by atoms with Crippen molar-refractivity contribution in [3.63, 3.8) is 0 Å². The molecule has 0 fully saturated rings. The van der Waals surface area contributed by atoms with Crippen LogP contribution in [0.2, 0.25) is 0 Å². The molecular weight excluding hydrogens is 468 g/mol. The van der Waals surface area contributed by atoms with Crippen LogP contribution in [0.15, 0.2) is 60.7 Å². The zero-order valence-corrected chi connectivity index (χ0v) is 22.2. The summed E-state index contributed by atoms with van der Waals surface area (Å²) in [5.41, 5.74) is 4.37. The van der Waals surface area contributed by atoms with Crippen molar-refractivity contribution in [3.8, 4) is 23.0 Å². The van der Waals surface area contributed by atoms with Gasteiger partial charge in [0.1, 0.15) is 6.04 Å². The predicted octanol–water partition coefficient (Wildman–Crippen LogP) is 4.74. The number of likely N-dealkylation sites (N-methyl/N-ethyl adjacent to an activating group) is 1. The SMILES string of the molecule is CCNC(=O)[C@@H](c1ccccc1)N1CCc2cc(OC)c(OC)cc2[C@@H]1Cc1ccc(OC)c(OC)c1. The lowest BCUT2D eigenvalue weighted by Crippen LogP contribution is -2.46. The number of nitrogens with one attached hydrogen (secondary N) is 1. The van der Waals surface area contributed by atoms with Gasteiger partial charge in [-0.3, -0.25) is 9.69 Å². The molecule has 0 saturated heterocycles. The van der Waals surface area contributed by atoms with E-state index in [1.165, 1.54) is 5.56 Å².